The van der Waals surface area contributed by atoms with Gasteiger partial charge in [-0.2, -0.15) is 0 Å². The Kier molecular flexibility index (Phi) is 32.5. The number of halogens is 3. The van der Waals surface area contributed by atoms with Crippen molar-refractivity contribution >= 4 is 111 Å². The normalized spacial score (nSPS) is 13.5. The molecule has 0 bridgehead atoms. The summed E-state index contributed by atoms with van der Waals surface area (Å²) in [7, 11) is 0. The molecule has 8 aromatic carbocycles. The van der Waals surface area contributed by atoms with E-state index < -0.39 is 82.5 Å². The number of nitrogens with one attached hydrogen (secondary N) is 7. The zero-order valence-corrected chi connectivity index (χ0v) is 69.1. The van der Waals surface area contributed by atoms with Gasteiger partial charge in [-0.1, -0.05) is 262 Å². The molecule has 2 heterocycles. The summed E-state index contributed by atoms with van der Waals surface area (Å²) in [5, 5.41) is 16.8. The van der Waals surface area contributed by atoms with Crippen molar-refractivity contribution in [1.82, 2.24) is 36.6 Å². The molecular formula is C90H107Cl2IN8O11. The van der Waals surface area contributed by atoms with E-state index in [0.717, 1.165) is 63.3 Å². The summed E-state index contributed by atoms with van der Waals surface area (Å²) in [6.07, 6.45) is 10.3. The lowest BCUT2D eigenvalue weighted by atomic mass is 9.79. The molecule has 0 saturated carbocycles. The van der Waals surface area contributed by atoms with Gasteiger partial charge in [0.2, 0.25) is 17.7 Å². The number of alkyl carbamates (subject to hydrolysis) is 2. The van der Waals surface area contributed by atoms with Crippen molar-refractivity contribution in [2.24, 2.45) is 5.73 Å². The molecule has 6 atom stereocenters. The quantitative estimate of drug-likeness (QED) is 0.00627. The van der Waals surface area contributed by atoms with Gasteiger partial charge in [-0.05, 0) is 116 Å². The lowest BCUT2D eigenvalue weighted by Gasteiger charge is -2.37. The van der Waals surface area contributed by atoms with E-state index in [9.17, 15) is 33.6 Å². The minimum Gasteiger partial charge on any atom is -0.444 e. The fourth-order valence-corrected chi connectivity index (χ4v) is 13.9. The zero-order chi connectivity index (χ0) is 79.7. The number of amides is 5. The summed E-state index contributed by atoms with van der Waals surface area (Å²) < 4.78 is 24.2. The fourth-order valence-electron chi connectivity index (χ4n) is 13.3. The first-order chi connectivity index (χ1) is 53.2. The van der Waals surface area contributed by atoms with Gasteiger partial charge in [-0.3, -0.25) is 14.4 Å². The number of para-hydroxylation sites is 2. The molecule has 10 aromatic rings. The fraction of sp³-hybridized carbons (Fsp3) is 0.344. The van der Waals surface area contributed by atoms with Crippen LogP contribution in [0.1, 0.15) is 170 Å². The molecule has 0 fully saturated rings. The number of H-pyrrole nitrogens is 2. The van der Waals surface area contributed by atoms with E-state index in [-0.39, 0.29) is 76.5 Å². The van der Waals surface area contributed by atoms with Crippen molar-refractivity contribution in [3.05, 3.63) is 284 Å². The number of unbranched alkanes of at least 4 members (excludes halogenated alkanes) is 6. The van der Waals surface area contributed by atoms with Crippen molar-refractivity contribution in [3.63, 3.8) is 0 Å². The van der Waals surface area contributed by atoms with Crippen LogP contribution in [0.2, 0.25) is 10.0 Å². The number of benzene rings is 8. The Labute approximate surface area is 685 Å². The van der Waals surface area contributed by atoms with Crippen molar-refractivity contribution in [2.75, 3.05) is 13.1 Å². The highest BCUT2D eigenvalue weighted by molar-refractivity contribution is 14.0. The number of hydrogen-bond donors (Lipinski definition) is 8. The van der Waals surface area contributed by atoms with Crippen LogP contribution in [-0.2, 0) is 67.0 Å². The second kappa shape index (κ2) is 41.5. The smallest absolute Gasteiger partial charge is 0.407 e. The maximum absolute atomic E-state index is 15.0. The third-order valence-corrected chi connectivity index (χ3v) is 19.6. The van der Waals surface area contributed by atoms with Crippen LogP contribution in [0.25, 0.3) is 21.8 Å². The lowest BCUT2D eigenvalue weighted by molar-refractivity contribution is -0.158. The number of carbonyl (C=O) groups is 7. The van der Waals surface area contributed by atoms with E-state index in [1.165, 1.54) is 19.3 Å². The van der Waals surface area contributed by atoms with Crippen molar-refractivity contribution in [1.29, 1.82) is 0 Å². The number of aromatic nitrogens is 2. The van der Waals surface area contributed by atoms with Crippen LogP contribution in [0.4, 0.5) is 9.59 Å². The molecule has 0 radical (unpaired) electrons. The summed E-state index contributed by atoms with van der Waals surface area (Å²) in [5.74, 6) is -2.89. The van der Waals surface area contributed by atoms with E-state index in [0.29, 0.717) is 49.8 Å². The molecule has 112 heavy (non-hydrogen) atoms. The van der Waals surface area contributed by atoms with Crippen LogP contribution < -0.4 is 32.3 Å². The monoisotopic (exact) mass is 1670 g/mol. The van der Waals surface area contributed by atoms with Gasteiger partial charge in [0.1, 0.15) is 29.3 Å². The molecule has 2 aromatic heterocycles. The topological polar surface area (TPSA) is 274 Å². The van der Waals surface area contributed by atoms with Gasteiger partial charge in [0, 0.05) is 105 Å². The van der Waals surface area contributed by atoms with Crippen molar-refractivity contribution < 1.29 is 53.9 Å². The number of nitrogens with two attached hydrogens (primary N) is 1. The van der Waals surface area contributed by atoms with E-state index >= 15 is 0 Å². The molecule has 0 aliphatic rings. The molecule has 6 unspecified atom stereocenters. The van der Waals surface area contributed by atoms with Gasteiger partial charge < -0.3 is 61.2 Å². The Hall–Kier alpha value is -10.0. The first kappa shape index (κ1) is 87.6. The van der Waals surface area contributed by atoms with E-state index in [2.05, 4.69) is 43.5 Å². The maximum atomic E-state index is 15.0. The molecule has 5 amide bonds. The number of rotatable bonds is 33. The number of aromatic amines is 2. The van der Waals surface area contributed by atoms with Gasteiger partial charge in [0.15, 0.2) is 11.2 Å². The molecule has 0 saturated heterocycles. The third kappa shape index (κ3) is 24.3. The maximum Gasteiger partial charge on any atom is 0.407 e. The number of ether oxygens (including phenoxy) is 4. The average molecular weight is 1670 g/mol. The number of esters is 2. The molecule has 0 aliphatic carbocycles. The molecule has 594 valence electrons. The van der Waals surface area contributed by atoms with Gasteiger partial charge in [0.05, 0.1) is 6.04 Å². The average Bonchev–Trinajstić information content (AvgIpc) is 1.30. The highest BCUT2D eigenvalue weighted by Crippen LogP contribution is 2.46. The molecule has 9 N–H and O–H groups in total. The second-order valence-electron chi connectivity index (χ2n) is 29.9. The highest BCUT2D eigenvalue weighted by atomic mass is 127. The molecule has 10 rings (SSSR count). The Morgan fingerprint density at radius 2 is 0.812 bits per heavy atom. The van der Waals surface area contributed by atoms with Gasteiger partial charge in [-0.25, -0.2) is 19.2 Å². The van der Waals surface area contributed by atoms with Crippen LogP contribution in [0.5, 0.6) is 0 Å². The van der Waals surface area contributed by atoms with Gasteiger partial charge in [-0.15, -0.1) is 24.0 Å². The standard InChI is InChI=1S/C50H61ClN4O6.C40H43ClN4O5.HI.H2/c1-6-7-8-9-10-11-15-26-45(56)54-44(33-36-34-53-42-25-19-16-22-39(36)42)46(57)55-43(31-32-52-48(59)61-49(3,4)5)47(58)60-50(37-20-13-12-14-21-37,38-29-27-35(2)28-30-38)40-23-17-18-24-41(40)51;1-26-18-20-29(21-19-26)40(28-12-6-5-7-13-28,31-15-9-10-16-32(31)41)49-37(47)35(22-23-43-38(48)50-39(2,3)4)45-36(46)33(42)24-27-25-44-34-17-11-8-14-30(27)34;;/h12-14,16-25,27-30,34,43-44,53H,6-11,15,26,31-33H2,1-5H3,(H,52,59)(H,54,56)(H,55,57);5-21,25,33,35,44H,22-24,42H2,1-4H3,(H,43,48)(H,45,46);2*1H. The molecule has 0 spiro atoms. The van der Waals surface area contributed by atoms with E-state index in [1.54, 1.807) is 65.8 Å². The van der Waals surface area contributed by atoms with E-state index in [4.69, 9.17) is 47.9 Å². The predicted molar refractivity (Wildman–Crippen MR) is 456 cm³/mol. The summed E-state index contributed by atoms with van der Waals surface area (Å²) in [5.41, 5.74) is 11.1. The summed E-state index contributed by atoms with van der Waals surface area (Å²) in [6, 6.07) is 59.3. The lowest BCUT2D eigenvalue weighted by Crippen LogP contribution is -2.54. The molecule has 0 aliphatic heterocycles. The van der Waals surface area contributed by atoms with Crippen LogP contribution >= 0.6 is 47.2 Å². The Morgan fingerprint density at radius 1 is 0.438 bits per heavy atom. The largest absolute Gasteiger partial charge is 0.444 e. The van der Waals surface area contributed by atoms with Crippen LogP contribution in [0.15, 0.2) is 219 Å². The van der Waals surface area contributed by atoms with Gasteiger partial charge >= 0.3 is 24.1 Å². The molecule has 22 heteroatoms. The van der Waals surface area contributed by atoms with Crippen LogP contribution in [-0.4, -0.2) is 100 Å². The molecular weight excluding hydrogens is 1570 g/mol. The highest BCUT2D eigenvalue weighted by Gasteiger charge is 2.46. The van der Waals surface area contributed by atoms with Crippen LogP contribution in [0, 0.1) is 13.8 Å². The summed E-state index contributed by atoms with van der Waals surface area (Å²) in [6.45, 7) is 16.6. The second-order valence-corrected chi connectivity index (χ2v) is 30.7. The first-order valence-corrected chi connectivity index (χ1v) is 38.8. The Morgan fingerprint density at radius 3 is 1.24 bits per heavy atom. The van der Waals surface area contributed by atoms with Crippen LogP contribution in [0.3, 0.4) is 0 Å². The summed E-state index contributed by atoms with van der Waals surface area (Å²) >= 11 is 13.8. The SMILES string of the molecule is CCCCCCCCCC(=O)NC(Cc1c[nH]c2ccccc12)C(=O)NC(CCNC(=O)OC(C)(C)C)C(=O)OC(c1ccccc1)(c1ccc(C)cc1)c1ccccc1Cl.Cc1ccc(C(OC(=O)C(CCNC(=O)OC(C)(C)C)NC(=O)C(N)Cc2c[nH]c3ccccc23)(c2ccccc2)c2ccccc2Cl)cc1.I.[HH]. The van der Waals surface area contributed by atoms with Crippen molar-refractivity contribution in [2.45, 2.75) is 186 Å². The van der Waals surface area contributed by atoms with E-state index in [1.807, 2.05) is 208 Å². The summed E-state index contributed by atoms with van der Waals surface area (Å²) in [4.78, 5) is 103. The van der Waals surface area contributed by atoms with Gasteiger partial charge in [0.25, 0.3) is 0 Å². The third-order valence-electron chi connectivity index (χ3n) is 18.9. The number of fused-ring (bicyclic) bond motifs is 2. The Balaban J connectivity index is 0.000000313. The minimum atomic E-state index is -1.56. The zero-order valence-electron chi connectivity index (χ0n) is 65.2. The minimum absolute atomic E-state index is 0. The molecule has 19 nitrogen and oxygen atoms in total. The predicted octanol–water partition coefficient (Wildman–Crippen LogP) is 18.0. The first-order valence-electron chi connectivity index (χ1n) is 38.1. The number of aryl methyl sites for hydroxylation is 2. The number of carbonyl (C=O) groups excluding carboxylic acids is 7. The van der Waals surface area contributed by atoms with Crippen molar-refractivity contribution in [3.8, 4) is 0 Å². The number of hydrogen-bond acceptors (Lipinski definition) is 12. The Bertz CT molecular complexity index is 4750.